The molecule has 0 saturated carbocycles. The van der Waals surface area contributed by atoms with Gasteiger partial charge in [-0.15, -0.1) is 0 Å². The Hall–Kier alpha value is -3.27. The molecule has 2 saturated heterocycles. The minimum atomic E-state index is -3.98. The number of nitro benzene ring substituents is 1. The van der Waals surface area contributed by atoms with Crippen LogP contribution in [0.5, 0.6) is 0 Å². The Morgan fingerprint density at radius 2 is 1.58 bits per heavy atom. The summed E-state index contributed by atoms with van der Waals surface area (Å²) in [5.74, 6) is -0.492. The average molecular weight is 476 g/mol. The minimum Gasteiger partial charge on any atom is -0.379 e. The van der Waals surface area contributed by atoms with Gasteiger partial charge in [-0.25, -0.2) is 12.8 Å². The van der Waals surface area contributed by atoms with Gasteiger partial charge in [0.25, 0.3) is 5.69 Å². The van der Waals surface area contributed by atoms with Gasteiger partial charge in [-0.1, -0.05) is 0 Å². The number of sulfonamides is 1. The number of ether oxygens (including phenoxy) is 1. The molecule has 0 N–H and O–H groups in total. The lowest BCUT2D eigenvalue weighted by atomic mass is 10.1. The fourth-order valence-corrected chi connectivity index (χ4v) is 5.67. The van der Waals surface area contributed by atoms with Crippen LogP contribution in [0.15, 0.2) is 41.3 Å². The van der Waals surface area contributed by atoms with Crippen molar-refractivity contribution in [1.29, 1.82) is 5.26 Å². The lowest BCUT2D eigenvalue weighted by molar-refractivity contribution is -0.385. The van der Waals surface area contributed by atoms with Crippen molar-refractivity contribution < 1.29 is 22.5 Å². The minimum absolute atomic E-state index is 0.114. The van der Waals surface area contributed by atoms with Crippen molar-refractivity contribution in [3.63, 3.8) is 0 Å². The summed E-state index contributed by atoms with van der Waals surface area (Å²) in [6.07, 6.45) is 0. The van der Waals surface area contributed by atoms with Gasteiger partial charge >= 0.3 is 0 Å². The molecule has 10 nitrogen and oxygen atoms in total. The summed E-state index contributed by atoms with van der Waals surface area (Å²) in [7, 11) is -3.98. The molecule has 2 fully saturated rings. The highest BCUT2D eigenvalue weighted by Crippen LogP contribution is 2.33. The number of anilines is 2. The summed E-state index contributed by atoms with van der Waals surface area (Å²) >= 11 is 0. The second-order valence-electron chi connectivity index (χ2n) is 7.68. The van der Waals surface area contributed by atoms with Gasteiger partial charge in [0.05, 0.1) is 41.1 Å². The molecule has 0 bridgehead atoms. The third kappa shape index (κ3) is 4.61. The summed E-state index contributed by atoms with van der Waals surface area (Å²) < 4.78 is 47.6. The Bertz CT molecular complexity index is 1200. The zero-order chi connectivity index (χ0) is 23.6. The lowest BCUT2D eigenvalue weighted by Crippen LogP contribution is -2.47. The summed E-state index contributed by atoms with van der Waals surface area (Å²) in [5.41, 5.74) is 0.688. The Morgan fingerprint density at radius 1 is 0.970 bits per heavy atom. The van der Waals surface area contributed by atoms with Crippen LogP contribution in [0.4, 0.5) is 21.5 Å². The molecule has 0 atom stereocenters. The molecule has 0 spiro atoms. The maximum atomic E-state index is 14.4. The molecule has 0 amide bonds. The van der Waals surface area contributed by atoms with Gasteiger partial charge in [-0.05, 0) is 24.3 Å². The molecule has 2 aliphatic heterocycles. The van der Waals surface area contributed by atoms with Gasteiger partial charge in [0.15, 0.2) is 0 Å². The third-order valence-corrected chi connectivity index (χ3v) is 7.71. The number of nitrogens with zero attached hydrogens (tertiary/aromatic N) is 5. The van der Waals surface area contributed by atoms with Crippen LogP contribution in [0.25, 0.3) is 0 Å². The smallest absolute Gasteiger partial charge is 0.270 e. The van der Waals surface area contributed by atoms with E-state index in [2.05, 4.69) is 0 Å². The molecule has 2 aliphatic rings. The quantitative estimate of drug-likeness (QED) is 0.475. The topological polar surface area (TPSA) is 120 Å². The van der Waals surface area contributed by atoms with Crippen molar-refractivity contribution in [3.8, 4) is 6.07 Å². The number of hydrogen-bond acceptors (Lipinski definition) is 8. The second-order valence-corrected chi connectivity index (χ2v) is 9.58. The van der Waals surface area contributed by atoms with E-state index in [1.54, 1.807) is 12.1 Å². The molecule has 33 heavy (non-hydrogen) atoms. The van der Waals surface area contributed by atoms with Crippen molar-refractivity contribution in [2.75, 3.05) is 62.3 Å². The molecular weight excluding hydrogens is 453 g/mol. The average Bonchev–Trinajstić information content (AvgIpc) is 2.84. The number of non-ortho nitro benzene ring substituents is 1. The van der Waals surface area contributed by atoms with Gasteiger partial charge in [0.2, 0.25) is 10.0 Å². The molecular formula is C21H22FN5O5S. The Morgan fingerprint density at radius 3 is 2.15 bits per heavy atom. The van der Waals surface area contributed by atoms with Crippen LogP contribution in [-0.2, 0) is 14.8 Å². The number of hydrogen-bond donors (Lipinski definition) is 0. The Labute approximate surface area is 190 Å². The van der Waals surface area contributed by atoms with Crippen molar-refractivity contribution in [3.05, 3.63) is 57.9 Å². The fourth-order valence-electron chi connectivity index (χ4n) is 4.03. The van der Waals surface area contributed by atoms with E-state index in [1.807, 2.05) is 15.9 Å². The number of rotatable bonds is 5. The van der Waals surface area contributed by atoms with E-state index in [0.717, 1.165) is 6.07 Å². The van der Waals surface area contributed by atoms with Gasteiger partial charge in [-0.3, -0.25) is 10.1 Å². The van der Waals surface area contributed by atoms with Gasteiger partial charge in [-0.2, -0.15) is 9.57 Å². The maximum absolute atomic E-state index is 14.4. The Balaban J connectivity index is 1.61. The molecule has 4 rings (SSSR count). The van der Waals surface area contributed by atoms with Crippen LogP contribution in [-0.4, -0.2) is 70.1 Å². The van der Waals surface area contributed by atoms with Crippen LogP contribution in [0.1, 0.15) is 5.56 Å². The van der Waals surface area contributed by atoms with Crippen LogP contribution in [0.2, 0.25) is 0 Å². The van der Waals surface area contributed by atoms with Crippen molar-refractivity contribution >= 4 is 27.1 Å². The van der Waals surface area contributed by atoms with Crippen molar-refractivity contribution in [2.45, 2.75) is 4.90 Å². The first kappa shape index (κ1) is 22.9. The van der Waals surface area contributed by atoms with E-state index in [0.29, 0.717) is 37.6 Å². The fraction of sp³-hybridized carbons (Fsp3) is 0.381. The summed E-state index contributed by atoms with van der Waals surface area (Å²) in [4.78, 5) is 14.3. The zero-order valence-corrected chi connectivity index (χ0v) is 18.5. The monoisotopic (exact) mass is 475 g/mol. The highest BCUT2D eigenvalue weighted by Gasteiger charge is 2.33. The summed E-state index contributed by atoms with van der Waals surface area (Å²) in [6.45, 7) is 2.49. The number of piperazine rings is 1. The Kier molecular flexibility index (Phi) is 6.46. The predicted octanol–water partition coefficient (Wildman–Crippen LogP) is 1.95. The number of morpholine rings is 1. The maximum Gasteiger partial charge on any atom is 0.270 e. The third-order valence-electron chi connectivity index (χ3n) is 5.78. The number of nitro groups is 1. The molecule has 0 aromatic heterocycles. The van der Waals surface area contributed by atoms with E-state index in [9.17, 15) is 22.9 Å². The van der Waals surface area contributed by atoms with Crippen molar-refractivity contribution in [1.82, 2.24) is 4.31 Å². The normalized spacial score (nSPS) is 17.6. The largest absolute Gasteiger partial charge is 0.379 e. The molecule has 2 aromatic rings. The summed E-state index contributed by atoms with van der Waals surface area (Å²) in [5, 5.41) is 20.2. The zero-order valence-electron chi connectivity index (χ0n) is 17.7. The van der Waals surface area contributed by atoms with Gasteiger partial charge in [0, 0.05) is 51.4 Å². The highest BCUT2D eigenvalue weighted by atomic mass is 32.2. The lowest BCUT2D eigenvalue weighted by Gasteiger charge is -2.38. The van der Waals surface area contributed by atoms with Crippen LogP contribution in [0, 0.1) is 27.3 Å². The highest BCUT2D eigenvalue weighted by molar-refractivity contribution is 7.89. The van der Waals surface area contributed by atoms with Gasteiger partial charge in [0.1, 0.15) is 10.7 Å². The molecule has 2 aromatic carbocycles. The molecule has 0 unspecified atom stereocenters. The van der Waals surface area contributed by atoms with E-state index < -0.39 is 20.8 Å². The molecule has 2 heterocycles. The van der Waals surface area contributed by atoms with Crippen LogP contribution in [0.3, 0.4) is 0 Å². The first-order valence-electron chi connectivity index (χ1n) is 10.4. The van der Waals surface area contributed by atoms with E-state index in [4.69, 9.17) is 10.00 Å². The summed E-state index contributed by atoms with van der Waals surface area (Å²) in [6, 6.07) is 10.1. The first-order chi connectivity index (χ1) is 15.8. The van der Waals surface area contributed by atoms with E-state index in [1.165, 1.54) is 22.5 Å². The number of benzene rings is 2. The number of halogens is 1. The first-order valence-corrected chi connectivity index (χ1v) is 11.8. The SMILES string of the molecule is N#Cc1ccc(N2CCN(c3ccc([N+](=O)[O-])cc3S(=O)(=O)N3CCOCC3)CC2)c(F)c1. The van der Waals surface area contributed by atoms with E-state index >= 15 is 0 Å². The standard InChI is InChI=1S/C21H22FN5O5S/c22-18-13-16(15-23)1-3-19(18)24-5-7-25(8-6-24)20-4-2-17(27(28)29)14-21(20)33(30,31)26-9-11-32-12-10-26/h1-4,13-14H,5-12H2. The van der Waals surface area contributed by atoms with Crippen LogP contribution < -0.4 is 9.80 Å². The molecule has 0 radical (unpaired) electrons. The molecule has 12 heteroatoms. The predicted molar refractivity (Wildman–Crippen MR) is 118 cm³/mol. The van der Waals surface area contributed by atoms with E-state index in [-0.39, 0.29) is 42.4 Å². The van der Waals surface area contributed by atoms with Crippen LogP contribution >= 0.6 is 0 Å². The second kappa shape index (κ2) is 9.30. The molecule has 0 aliphatic carbocycles. The van der Waals surface area contributed by atoms with Crippen molar-refractivity contribution in [2.24, 2.45) is 0 Å². The molecule has 174 valence electrons. The van der Waals surface area contributed by atoms with Gasteiger partial charge < -0.3 is 14.5 Å². The number of nitriles is 1.